The van der Waals surface area contributed by atoms with E-state index in [4.69, 9.17) is 9.47 Å². The van der Waals surface area contributed by atoms with Gasteiger partial charge in [0.15, 0.2) is 11.5 Å². The Labute approximate surface area is 142 Å². The lowest BCUT2D eigenvalue weighted by Crippen LogP contribution is -2.28. The van der Waals surface area contributed by atoms with Gasteiger partial charge in [-0.25, -0.2) is 0 Å². The van der Waals surface area contributed by atoms with E-state index in [-0.39, 0.29) is 24.2 Å². The van der Waals surface area contributed by atoms with Crippen molar-refractivity contribution in [1.29, 1.82) is 0 Å². The van der Waals surface area contributed by atoms with Crippen LogP contribution >= 0.6 is 11.5 Å². The summed E-state index contributed by atoms with van der Waals surface area (Å²) in [5.41, 5.74) is 0.720. The molecular formula is C16H15N3O4S. The molecule has 2 amide bonds. The summed E-state index contributed by atoms with van der Waals surface area (Å²) in [4.78, 5) is 26.3. The lowest BCUT2D eigenvalue weighted by atomic mass is 10.1. The number of benzene rings is 1. The molecule has 7 nitrogen and oxygen atoms in total. The average molecular weight is 345 g/mol. The van der Waals surface area contributed by atoms with E-state index in [1.807, 2.05) is 6.07 Å². The molecule has 2 aliphatic rings. The first kappa shape index (κ1) is 14.9. The molecule has 24 heavy (non-hydrogen) atoms. The minimum Gasteiger partial charge on any atom is -0.486 e. The van der Waals surface area contributed by atoms with Gasteiger partial charge in [-0.15, -0.1) is 0 Å². The van der Waals surface area contributed by atoms with Gasteiger partial charge in [0.25, 0.3) is 0 Å². The second-order valence-corrected chi connectivity index (χ2v) is 6.43. The fraction of sp³-hybridized carbons (Fsp3) is 0.312. The predicted octanol–water partition coefficient (Wildman–Crippen LogP) is 1.91. The smallest absolute Gasteiger partial charge is 0.230 e. The Hall–Kier alpha value is -2.61. The molecule has 0 spiro atoms. The Kier molecular flexibility index (Phi) is 3.81. The molecule has 1 saturated heterocycles. The lowest BCUT2D eigenvalue weighted by molar-refractivity contribution is -0.122. The minimum absolute atomic E-state index is 0.0730. The van der Waals surface area contributed by atoms with Gasteiger partial charge in [-0.05, 0) is 29.7 Å². The molecule has 124 valence electrons. The zero-order valence-electron chi connectivity index (χ0n) is 12.7. The third-order valence-electron chi connectivity index (χ3n) is 4.02. The van der Waals surface area contributed by atoms with E-state index in [9.17, 15) is 9.59 Å². The number of carbonyl (C=O) groups excluding carboxylic acids is 2. The summed E-state index contributed by atoms with van der Waals surface area (Å²) < 4.78 is 15.0. The molecule has 1 aromatic carbocycles. The molecule has 1 atom stereocenters. The van der Waals surface area contributed by atoms with Gasteiger partial charge in [0, 0.05) is 30.9 Å². The molecule has 1 unspecified atom stereocenters. The standard InChI is InChI=1S/C16H15N3O4S/c20-15-7-10(16(21)18-14-3-4-17-24-14)9-19(15)11-1-2-12-13(8-11)23-6-5-22-12/h1-4,8,10H,5-7,9H2,(H,18,21). The Balaban J connectivity index is 1.49. The second kappa shape index (κ2) is 6.12. The molecule has 1 aromatic heterocycles. The number of rotatable bonds is 3. The molecule has 0 aliphatic carbocycles. The van der Waals surface area contributed by atoms with Gasteiger partial charge >= 0.3 is 0 Å². The zero-order valence-corrected chi connectivity index (χ0v) is 13.5. The summed E-state index contributed by atoms with van der Waals surface area (Å²) >= 11 is 1.21. The largest absolute Gasteiger partial charge is 0.486 e. The van der Waals surface area contributed by atoms with Crippen molar-refractivity contribution < 1.29 is 19.1 Å². The van der Waals surface area contributed by atoms with Gasteiger partial charge in [0.05, 0.1) is 5.92 Å². The molecule has 1 N–H and O–H groups in total. The Morgan fingerprint density at radius 2 is 2.08 bits per heavy atom. The Morgan fingerprint density at radius 1 is 1.25 bits per heavy atom. The number of fused-ring (bicyclic) bond motifs is 1. The number of anilines is 2. The van der Waals surface area contributed by atoms with Crippen molar-refractivity contribution in [3.8, 4) is 11.5 Å². The van der Waals surface area contributed by atoms with Crippen LogP contribution in [0.25, 0.3) is 0 Å². The molecule has 8 heteroatoms. The van der Waals surface area contributed by atoms with Crippen LogP contribution in [0.5, 0.6) is 11.5 Å². The fourth-order valence-electron chi connectivity index (χ4n) is 2.84. The van der Waals surface area contributed by atoms with E-state index < -0.39 is 0 Å². The van der Waals surface area contributed by atoms with Crippen LogP contribution in [-0.4, -0.2) is 35.9 Å². The maximum absolute atomic E-state index is 12.3. The van der Waals surface area contributed by atoms with E-state index in [1.54, 1.807) is 29.3 Å². The van der Waals surface area contributed by atoms with Gasteiger partial charge in [0.2, 0.25) is 11.8 Å². The highest BCUT2D eigenvalue weighted by atomic mass is 32.1. The maximum atomic E-state index is 12.3. The molecular weight excluding hydrogens is 330 g/mol. The van der Waals surface area contributed by atoms with Crippen LogP contribution in [-0.2, 0) is 9.59 Å². The number of aromatic nitrogens is 1. The molecule has 0 radical (unpaired) electrons. The molecule has 2 aliphatic heterocycles. The fourth-order valence-corrected chi connectivity index (χ4v) is 3.34. The van der Waals surface area contributed by atoms with Crippen LogP contribution in [0.3, 0.4) is 0 Å². The van der Waals surface area contributed by atoms with Gasteiger partial charge in [-0.2, -0.15) is 4.37 Å². The number of nitrogens with zero attached hydrogens (tertiary/aromatic N) is 2. The lowest BCUT2D eigenvalue weighted by Gasteiger charge is -2.22. The first-order chi connectivity index (χ1) is 11.7. The Morgan fingerprint density at radius 3 is 2.88 bits per heavy atom. The van der Waals surface area contributed by atoms with Crippen molar-refractivity contribution in [3.63, 3.8) is 0 Å². The van der Waals surface area contributed by atoms with Gasteiger partial charge in [0.1, 0.15) is 18.2 Å². The third kappa shape index (κ3) is 2.80. The van der Waals surface area contributed by atoms with Crippen LogP contribution in [0.1, 0.15) is 6.42 Å². The highest BCUT2D eigenvalue weighted by Gasteiger charge is 2.35. The van der Waals surface area contributed by atoms with Crippen molar-refractivity contribution in [2.24, 2.45) is 5.92 Å². The van der Waals surface area contributed by atoms with Crippen molar-refractivity contribution in [3.05, 3.63) is 30.5 Å². The van der Waals surface area contributed by atoms with Crippen LogP contribution < -0.4 is 19.7 Å². The second-order valence-electron chi connectivity index (χ2n) is 5.60. The van der Waals surface area contributed by atoms with Crippen molar-refractivity contribution in [1.82, 2.24) is 4.37 Å². The van der Waals surface area contributed by atoms with Crippen molar-refractivity contribution in [2.75, 3.05) is 30.0 Å². The number of carbonyl (C=O) groups is 2. The highest BCUT2D eigenvalue weighted by molar-refractivity contribution is 7.10. The van der Waals surface area contributed by atoms with Crippen molar-refractivity contribution >= 4 is 34.0 Å². The summed E-state index contributed by atoms with van der Waals surface area (Å²) in [5, 5.41) is 3.49. The van der Waals surface area contributed by atoms with Gasteiger partial charge in [-0.1, -0.05) is 0 Å². The first-order valence-electron chi connectivity index (χ1n) is 7.62. The monoisotopic (exact) mass is 345 g/mol. The molecule has 0 saturated carbocycles. The Bertz CT molecular complexity index is 778. The van der Waals surface area contributed by atoms with Crippen LogP contribution in [0.4, 0.5) is 10.7 Å². The van der Waals surface area contributed by atoms with E-state index in [1.165, 1.54) is 11.5 Å². The summed E-state index contributed by atoms with van der Waals surface area (Å²) in [7, 11) is 0. The SMILES string of the molecule is O=C(Nc1ccns1)C1CC(=O)N(c2ccc3c(c2)OCCO3)C1. The summed E-state index contributed by atoms with van der Waals surface area (Å²) in [5.74, 6) is 0.692. The predicted molar refractivity (Wildman–Crippen MR) is 88.6 cm³/mol. The van der Waals surface area contributed by atoms with Gasteiger partial charge in [-0.3, -0.25) is 9.59 Å². The average Bonchev–Trinajstić information content (AvgIpc) is 3.24. The molecule has 3 heterocycles. The van der Waals surface area contributed by atoms with Crippen LogP contribution in [0.2, 0.25) is 0 Å². The summed E-state index contributed by atoms with van der Waals surface area (Å²) in [6, 6.07) is 7.13. The number of hydrogen-bond acceptors (Lipinski definition) is 6. The topological polar surface area (TPSA) is 80.8 Å². The maximum Gasteiger partial charge on any atom is 0.230 e. The van der Waals surface area contributed by atoms with Gasteiger partial charge < -0.3 is 19.7 Å². The normalized spacial score (nSPS) is 19.4. The molecule has 4 rings (SSSR count). The molecule has 0 bridgehead atoms. The third-order valence-corrected chi connectivity index (χ3v) is 4.68. The summed E-state index contributed by atoms with van der Waals surface area (Å²) in [6.45, 7) is 1.36. The van der Waals surface area contributed by atoms with E-state index in [2.05, 4.69) is 9.69 Å². The minimum atomic E-state index is -0.382. The van der Waals surface area contributed by atoms with E-state index in [0.717, 1.165) is 5.69 Å². The van der Waals surface area contributed by atoms with E-state index in [0.29, 0.717) is 36.3 Å². The van der Waals surface area contributed by atoms with Crippen LogP contribution in [0, 0.1) is 5.92 Å². The molecule has 2 aromatic rings. The number of nitrogens with one attached hydrogen (secondary N) is 1. The van der Waals surface area contributed by atoms with Crippen molar-refractivity contribution in [2.45, 2.75) is 6.42 Å². The zero-order chi connectivity index (χ0) is 16.5. The molecule has 1 fully saturated rings. The van der Waals surface area contributed by atoms with Crippen LogP contribution in [0.15, 0.2) is 30.5 Å². The summed E-state index contributed by atoms with van der Waals surface area (Å²) in [6.07, 6.45) is 1.82. The highest BCUT2D eigenvalue weighted by Crippen LogP contribution is 2.36. The number of ether oxygens (including phenoxy) is 2. The quantitative estimate of drug-likeness (QED) is 0.919. The first-order valence-corrected chi connectivity index (χ1v) is 8.39. The van der Waals surface area contributed by atoms with E-state index >= 15 is 0 Å². The number of amides is 2. The number of hydrogen-bond donors (Lipinski definition) is 1.